The van der Waals surface area contributed by atoms with E-state index >= 15 is 0 Å². The van der Waals surface area contributed by atoms with Crippen LogP contribution in [0.4, 0.5) is 18.9 Å². The fourth-order valence-electron chi connectivity index (χ4n) is 5.41. The molecule has 3 aliphatic rings. The van der Waals surface area contributed by atoms with Crippen molar-refractivity contribution in [1.82, 2.24) is 0 Å². The second-order valence-electron chi connectivity index (χ2n) is 9.60. The molecule has 2 aromatic carbocycles. The molecule has 2 aromatic rings. The van der Waals surface area contributed by atoms with Gasteiger partial charge >= 0.3 is 0 Å². The number of aliphatic hydroxyl groups is 2. The number of benzene rings is 2. The first-order valence-corrected chi connectivity index (χ1v) is 12.5. The highest BCUT2D eigenvalue weighted by Gasteiger charge is 2.73. The van der Waals surface area contributed by atoms with E-state index < -0.39 is 61.5 Å². The standard InChI is InChI=1S/C23H23ClF3NO5S/c1-10-13-9-23(31,22(2,3)30)18(10)20(13)34(32,33)17-6-11(4-5-14(17)24)21(29)28-12-7-15(25)19(27)16(26)8-12/h4-8,10,13,18,20,30-31H,9H2,1-3H3,(H,28,29)/t10-,13?,18?,20+,23+/m0/s1. The first-order chi connectivity index (χ1) is 15.6. The molecule has 0 aliphatic heterocycles. The number of carbonyl (C=O) groups is 1. The van der Waals surface area contributed by atoms with Crippen molar-refractivity contribution in [2.75, 3.05) is 5.32 Å². The van der Waals surface area contributed by atoms with Crippen LogP contribution in [0.5, 0.6) is 0 Å². The summed E-state index contributed by atoms with van der Waals surface area (Å²) in [6.07, 6.45) is 0.103. The fraction of sp³-hybridized carbons (Fsp3) is 0.435. The molecule has 184 valence electrons. The number of hydrogen-bond donors (Lipinski definition) is 3. The van der Waals surface area contributed by atoms with E-state index in [9.17, 15) is 36.6 Å². The molecule has 2 unspecified atom stereocenters. The van der Waals surface area contributed by atoms with Gasteiger partial charge < -0.3 is 15.5 Å². The largest absolute Gasteiger partial charge is 0.387 e. The molecule has 3 aliphatic carbocycles. The molecule has 0 spiro atoms. The fourth-order valence-corrected chi connectivity index (χ4v) is 8.44. The Balaban J connectivity index is 1.66. The Bertz CT molecular complexity index is 1270. The predicted octanol–water partition coefficient (Wildman–Crippen LogP) is 3.94. The molecule has 6 nitrogen and oxygen atoms in total. The smallest absolute Gasteiger partial charge is 0.255 e. The Labute approximate surface area is 199 Å². The van der Waals surface area contributed by atoms with E-state index in [4.69, 9.17) is 11.6 Å². The second kappa shape index (κ2) is 7.94. The molecule has 0 heterocycles. The maximum atomic E-state index is 13.6. The van der Waals surface area contributed by atoms with Gasteiger partial charge in [0.1, 0.15) is 0 Å². The van der Waals surface area contributed by atoms with Gasteiger partial charge in [0.15, 0.2) is 27.3 Å². The van der Waals surface area contributed by atoms with Crippen molar-refractivity contribution in [1.29, 1.82) is 0 Å². The quantitative estimate of drug-likeness (QED) is 0.521. The normalized spacial score (nSPS) is 28.5. The summed E-state index contributed by atoms with van der Waals surface area (Å²) >= 11 is 6.18. The lowest BCUT2D eigenvalue weighted by Crippen LogP contribution is -2.59. The predicted molar refractivity (Wildman–Crippen MR) is 119 cm³/mol. The molecule has 5 atom stereocenters. The van der Waals surface area contributed by atoms with Gasteiger partial charge in [-0.05, 0) is 50.3 Å². The average molecular weight is 518 g/mol. The summed E-state index contributed by atoms with van der Waals surface area (Å²) < 4.78 is 67.2. The lowest BCUT2D eigenvalue weighted by Gasteiger charge is -2.47. The van der Waals surface area contributed by atoms with Crippen molar-refractivity contribution in [2.45, 2.75) is 48.5 Å². The number of amides is 1. The Hall–Kier alpha value is -2.14. The zero-order valence-corrected chi connectivity index (χ0v) is 20.0. The van der Waals surface area contributed by atoms with Crippen molar-refractivity contribution in [3.05, 3.63) is 58.4 Å². The lowest BCUT2D eigenvalue weighted by molar-refractivity contribution is -0.151. The van der Waals surface area contributed by atoms with Crippen LogP contribution in [0.15, 0.2) is 35.2 Å². The van der Waals surface area contributed by atoms with Gasteiger partial charge in [-0.3, -0.25) is 4.79 Å². The van der Waals surface area contributed by atoms with Crippen molar-refractivity contribution < 1.29 is 36.6 Å². The molecule has 0 aromatic heterocycles. The number of halogens is 4. The Kier molecular flexibility index (Phi) is 5.83. The zero-order valence-electron chi connectivity index (χ0n) is 18.4. The third-order valence-corrected chi connectivity index (χ3v) is 10.0. The van der Waals surface area contributed by atoms with Gasteiger partial charge in [0, 0.05) is 29.3 Å². The summed E-state index contributed by atoms with van der Waals surface area (Å²) in [6.45, 7) is 4.68. The number of nitrogens with one attached hydrogen (secondary N) is 1. The van der Waals surface area contributed by atoms with Crippen molar-refractivity contribution in [3.8, 4) is 0 Å². The summed E-state index contributed by atoms with van der Waals surface area (Å²) in [5.41, 5.74) is -3.66. The van der Waals surface area contributed by atoms with E-state index in [2.05, 4.69) is 5.32 Å². The number of hydrogen-bond acceptors (Lipinski definition) is 5. The molecular weight excluding hydrogens is 495 g/mol. The number of rotatable bonds is 5. The van der Waals surface area contributed by atoms with Crippen LogP contribution in [0, 0.1) is 35.2 Å². The van der Waals surface area contributed by atoms with Crippen LogP contribution in [0.3, 0.4) is 0 Å². The van der Waals surface area contributed by atoms with Gasteiger partial charge in [0.05, 0.1) is 26.4 Å². The number of fused-ring (bicyclic) bond motifs is 1. The van der Waals surface area contributed by atoms with E-state index in [-0.39, 0.29) is 33.5 Å². The summed E-state index contributed by atoms with van der Waals surface area (Å²) in [4.78, 5) is 12.3. The molecule has 1 amide bonds. The Morgan fingerprint density at radius 2 is 1.76 bits per heavy atom. The van der Waals surface area contributed by atoms with Crippen LogP contribution in [-0.4, -0.2) is 41.0 Å². The van der Waals surface area contributed by atoms with E-state index in [1.807, 2.05) is 6.92 Å². The van der Waals surface area contributed by atoms with Gasteiger partial charge in [-0.2, -0.15) is 0 Å². The zero-order chi connectivity index (χ0) is 25.4. The van der Waals surface area contributed by atoms with Gasteiger partial charge in [0.25, 0.3) is 5.91 Å². The summed E-state index contributed by atoms with van der Waals surface area (Å²) in [5, 5.41) is 22.7. The van der Waals surface area contributed by atoms with Crippen molar-refractivity contribution in [2.24, 2.45) is 17.8 Å². The van der Waals surface area contributed by atoms with Crippen LogP contribution < -0.4 is 5.32 Å². The first-order valence-electron chi connectivity index (χ1n) is 10.5. The third-order valence-electron chi connectivity index (χ3n) is 7.28. The highest BCUT2D eigenvalue weighted by Crippen LogP contribution is 2.65. The second-order valence-corrected chi connectivity index (χ2v) is 12.1. The van der Waals surface area contributed by atoms with Gasteiger partial charge in [0.2, 0.25) is 0 Å². The van der Waals surface area contributed by atoms with Crippen LogP contribution in [0.25, 0.3) is 0 Å². The van der Waals surface area contributed by atoms with E-state index in [1.165, 1.54) is 26.0 Å². The minimum atomic E-state index is -4.13. The molecule has 3 saturated carbocycles. The maximum Gasteiger partial charge on any atom is 0.255 e. The number of sulfone groups is 1. The van der Waals surface area contributed by atoms with Crippen LogP contribution in [0.2, 0.25) is 5.02 Å². The Morgan fingerprint density at radius 1 is 1.18 bits per heavy atom. The molecule has 11 heteroatoms. The number of anilines is 1. The monoisotopic (exact) mass is 517 g/mol. The first kappa shape index (κ1) is 25.0. The minimum Gasteiger partial charge on any atom is -0.387 e. The number of carbonyl (C=O) groups excluding carboxylic acids is 1. The van der Waals surface area contributed by atoms with E-state index in [0.717, 1.165) is 6.07 Å². The van der Waals surface area contributed by atoms with Crippen LogP contribution in [0.1, 0.15) is 37.6 Å². The molecule has 3 N–H and O–H groups in total. The molecule has 5 rings (SSSR count). The minimum absolute atomic E-state index is 0.103. The van der Waals surface area contributed by atoms with Crippen LogP contribution in [-0.2, 0) is 9.84 Å². The SMILES string of the molecule is C[C@H]1C2C[C@](O)(C(C)(C)O)C1[C@@H]2S(=O)(=O)c1cc(C(=O)Nc2cc(F)c(F)c(F)c2)ccc1Cl. The van der Waals surface area contributed by atoms with Crippen molar-refractivity contribution in [3.63, 3.8) is 0 Å². The van der Waals surface area contributed by atoms with Gasteiger partial charge in [-0.15, -0.1) is 0 Å². The maximum absolute atomic E-state index is 13.6. The van der Waals surface area contributed by atoms with Gasteiger partial charge in [-0.1, -0.05) is 18.5 Å². The molecule has 34 heavy (non-hydrogen) atoms. The summed E-state index contributed by atoms with van der Waals surface area (Å²) in [5.74, 6) is -6.87. The lowest BCUT2D eigenvalue weighted by atomic mass is 9.68. The third kappa shape index (κ3) is 3.62. The van der Waals surface area contributed by atoms with Gasteiger partial charge in [-0.25, -0.2) is 21.6 Å². The molecule has 3 fully saturated rings. The summed E-state index contributed by atoms with van der Waals surface area (Å²) in [6, 6.07) is 4.68. The van der Waals surface area contributed by atoms with Crippen LogP contribution >= 0.6 is 11.6 Å². The average Bonchev–Trinajstić information content (AvgIpc) is 3.21. The molecular formula is C23H23ClF3NO5S. The Morgan fingerprint density at radius 3 is 2.29 bits per heavy atom. The van der Waals surface area contributed by atoms with E-state index in [0.29, 0.717) is 12.1 Å². The summed E-state index contributed by atoms with van der Waals surface area (Å²) in [7, 11) is -4.13. The highest BCUT2D eigenvalue weighted by atomic mass is 35.5. The topological polar surface area (TPSA) is 104 Å². The highest BCUT2D eigenvalue weighted by molar-refractivity contribution is 7.92. The molecule has 0 radical (unpaired) electrons. The molecule has 2 bridgehead atoms. The molecule has 0 saturated heterocycles. The van der Waals surface area contributed by atoms with E-state index in [1.54, 1.807) is 0 Å². The van der Waals surface area contributed by atoms with Crippen molar-refractivity contribution >= 4 is 33.0 Å².